The molecule has 0 saturated carbocycles. The number of sulfonamides is 1. The summed E-state index contributed by atoms with van der Waals surface area (Å²) in [6, 6.07) is 6.09. The molecule has 0 bridgehead atoms. The quantitative estimate of drug-likeness (QED) is 0.759. The Balaban J connectivity index is 2.59. The van der Waals surface area contributed by atoms with Crippen molar-refractivity contribution in [2.24, 2.45) is 0 Å². The van der Waals surface area contributed by atoms with Gasteiger partial charge in [0.2, 0.25) is 10.0 Å². The first kappa shape index (κ1) is 15.3. The Kier molecular flexibility index (Phi) is 5.62. The number of nitrogens with one attached hydrogen (secondary N) is 1. The predicted molar refractivity (Wildman–Crippen MR) is 71.9 cm³/mol. The van der Waals surface area contributed by atoms with E-state index in [1.165, 1.54) is 24.3 Å². The van der Waals surface area contributed by atoms with Gasteiger partial charge >= 0.3 is 5.97 Å². The van der Waals surface area contributed by atoms with Gasteiger partial charge in [0.25, 0.3) is 0 Å². The lowest BCUT2D eigenvalue weighted by Gasteiger charge is -2.08. The third-order valence-electron chi connectivity index (χ3n) is 2.26. The van der Waals surface area contributed by atoms with E-state index in [1.807, 2.05) is 6.92 Å². The minimum Gasteiger partial charge on any atom is -0.482 e. The van der Waals surface area contributed by atoms with Crippen molar-refractivity contribution in [1.82, 2.24) is 0 Å². The van der Waals surface area contributed by atoms with Gasteiger partial charge in [0.15, 0.2) is 6.61 Å². The molecule has 0 aliphatic heterocycles. The van der Waals surface area contributed by atoms with Crippen molar-refractivity contribution in [3.05, 3.63) is 24.3 Å². The molecule has 0 amide bonds. The number of ether oxygens (including phenoxy) is 1. The summed E-state index contributed by atoms with van der Waals surface area (Å²) >= 11 is 0. The maximum Gasteiger partial charge on any atom is 0.341 e. The van der Waals surface area contributed by atoms with Gasteiger partial charge in [-0.3, -0.25) is 4.72 Å². The molecule has 0 aliphatic carbocycles. The fourth-order valence-electron chi connectivity index (χ4n) is 1.33. The summed E-state index contributed by atoms with van der Waals surface area (Å²) in [4.78, 5) is 10.3. The van der Waals surface area contributed by atoms with Crippen molar-refractivity contribution in [3.63, 3.8) is 0 Å². The third kappa shape index (κ3) is 6.10. The highest BCUT2D eigenvalue weighted by Crippen LogP contribution is 2.17. The Hall–Kier alpha value is -1.76. The zero-order chi connectivity index (χ0) is 14.3. The monoisotopic (exact) mass is 287 g/mol. The number of hydrogen-bond donors (Lipinski definition) is 2. The number of carboxylic acids is 1. The van der Waals surface area contributed by atoms with Gasteiger partial charge in [-0.15, -0.1) is 0 Å². The number of carboxylic acid groups (broad SMARTS) is 1. The summed E-state index contributed by atoms with van der Waals surface area (Å²) in [5.74, 6) is -0.607. The molecule has 0 aromatic heterocycles. The van der Waals surface area contributed by atoms with Crippen LogP contribution in [0.1, 0.15) is 19.8 Å². The Morgan fingerprint density at radius 3 is 2.47 bits per heavy atom. The maximum absolute atomic E-state index is 11.6. The molecule has 0 saturated heterocycles. The maximum atomic E-state index is 11.6. The molecule has 1 aromatic carbocycles. The van der Waals surface area contributed by atoms with Crippen molar-refractivity contribution >= 4 is 21.7 Å². The van der Waals surface area contributed by atoms with E-state index in [2.05, 4.69) is 4.72 Å². The Labute approximate surface area is 112 Å². The van der Waals surface area contributed by atoms with Crippen LogP contribution >= 0.6 is 0 Å². The van der Waals surface area contributed by atoms with Crippen LogP contribution in [0.3, 0.4) is 0 Å². The second-order valence-corrected chi connectivity index (χ2v) is 5.82. The molecule has 6 nitrogen and oxygen atoms in total. The molecule has 0 unspecified atom stereocenters. The molecule has 2 N–H and O–H groups in total. The zero-order valence-corrected chi connectivity index (χ0v) is 11.4. The first-order chi connectivity index (χ1) is 8.93. The molecule has 0 aliphatic rings. The number of rotatable bonds is 8. The molecule has 0 spiro atoms. The van der Waals surface area contributed by atoms with Crippen LogP contribution in [0.5, 0.6) is 5.75 Å². The normalized spacial score (nSPS) is 11.0. The standard InChI is InChI=1S/C12H17NO5S/c1-2-3-8-19(16,17)13-10-4-6-11(7-5-10)18-9-12(14)15/h4-7,13H,2-3,8-9H2,1H3,(H,14,15). The van der Waals surface area contributed by atoms with Crippen LogP contribution in [0.2, 0.25) is 0 Å². The van der Waals surface area contributed by atoms with E-state index in [0.29, 0.717) is 17.9 Å². The molecule has 0 radical (unpaired) electrons. The Bertz CT molecular complexity index is 509. The predicted octanol–water partition coefficient (Wildman–Crippen LogP) is 1.69. The van der Waals surface area contributed by atoms with Crippen LogP contribution in [-0.4, -0.2) is 31.9 Å². The molecule has 19 heavy (non-hydrogen) atoms. The van der Waals surface area contributed by atoms with Crippen molar-refractivity contribution in [2.75, 3.05) is 17.1 Å². The number of benzene rings is 1. The zero-order valence-electron chi connectivity index (χ0n) is 10.6. The number of carbonyl (C=O) groups is 1. The van der Waals surface area contributed by atoms with E-state index >= 15 is 0 Å². The molecule has 0 atom stereocenters. The smallest absolute Gasteiger partial charge is 0.341 e. The number of aliphatic carboxylic acids is 1. The Morgan fingerprint density at radius 2 is 1.95 bits per heavy atom. The van der Waals surface area contributed by atoms with Gasteiger partial charge in [-0.05, 0) is 30.7 Å². The van der Waals surface area contributed by atoms with Crippen LogP contribution in [0.25, 0.3) is 0 Å². The van der Waals surface area contributed by atoms with Crippen molar-refractivity contribution in [2.45, 2.75) is 19.8 Å². The first-order valence-corrected chi connectivity index (χ1v) is 7.53. The van der Waals surface area contributed by atoms with Crippen molar-refractivity contribution < 1.29 is 23.1 Å². The molecular formula is C12H17NO5S. The topological polar surface area (TPSA) is 92.7 Å². The average Bonchev–Trinajstić information content (AvgIpc) is 2.35. The molecule has 7 heteroatoms. The SMILES string of the molecule is CCCCS(=O)(=O)Nc1ccc(OCC(=O)O)cc1. The van der Waals surface area contributed by atoms with Gasteiger partial charge in [0.05, 0.1) is 5.75 Å². The molecular weight excluding hydrogens is 270 g/mol. The van der Waals surface area contributed by atoms with Gasteiger partial charge < -0.3 is 9.84 Å². The van der Waals surface area contributed by atoms with Gasteiger partial charge in [-0.25, -0.2) is 13.2 Å². The molecule has 1 aromatic rings. The lowest BCUT2D eigenvalue weighted by Crippen LogP contribution is -2.16. The van der Waals surface area contributed by atoms with Crippen LogP contribution in [0, 0.1) is 0 Å². The summed E-state index contributed by atoms with van der Waals surface area (Å²) in [5.41, 5.74) is 0.429. The highest BCUT2D eigenvalue weighted by molar-refractivity contribution is 7.92. The van der Waals surface area contributed by atoms with Crippen LogP contribution < -0.4 is 9.46 Å². The Morgan fingerprint density at radius 1 is 1.32 bits per heavy atom. The average molecular weight is 287 g/mol. The summed E-state index contributed by atoms with van der Waals surface area (Å²) in [7, 11) is -3.32. The van der Waals surface area contributed by atoms with Crippen LogP contribution in [0.15, 0.2) is 24.3 Å². The number of hydrogen-bond acceptors (Lipinski definition) is 4. The largest absolute Gasteiger partial charge is 0.482 e. The highest BCUT2D eigenvalue weighted by Gasteiger charge is 2.09. The van der Waals surface area contributed by atoms with E-state index in [1.54, 1.807) is 0 Å². The van der Waals surface area contributed by atoms with E-state index < -0.39 is 22.6 Å². The first-order valence-electron chi connectivity index (χ1n) is 5.88. The lowest BCUT2D eigenvalue weighted by atomic mass is 10.3. The van der Waals surface area contributed by atoms with E-state index in [9.17, 15) is 13.2 Å². The van der Waals surface area contributed by atoms with Gasteiger partial charge in [0, 0.05) is 5.69 Å². The summed E-state index contributed by atoms with van der Waals surface area (Å²) in [6.07, 6.45) is 1.41. The van der Waals surface area contributed by atoms with Gasteiger partial charge in [0.1, 0.15) is 5.75 Å². The van der Waals surface area contributed by atoms with Crippen molar-refractivity contribution in [1.29, 1.82) is 0 Å². The molecule has 0 fully saturated rings. The van der Waals surface area contributed by atoms with Gasteiger partial charge in [-0.1, -0.05) is 13.3 Å². The van der Waals surface area contributed by atoms with Crippen LogP contribution in [-0.2, 0) is 14.8 Å². The van der Waals surface area contributed by atoms with Crippen molar-refractivity contribution in [3.8, 4) is 5.75 Å². The molecule has 106 valence electrons. The second kappa shape index (κ2) is 6.98. The minimum atomic E-state index is -3.32. The summed E-state index contributed by atoms with van der Waals surface area (Å²) in [5, 5.41) is 8.45. The number of unbranched alkanes of at least 4 members (excludes halogenated alkanes) is 1. The number of anilines is 1. The lowest BCUT2D eigenvalue weighted by molar-refractivity contribution is -0.139. The van der Waals surface area contributed by atoms with E-state index in [4.69, 9.17) is 9.84 Å². The summed E-state index contributed by atoms with van der Waals surface area (Å²) in [6.45, 7) is 1.49. The summed E-state index contributed by atoms with van der Waals surface area (Å²) < 4.78 is 30.7. The third-order valence-corrected chi connectivity index (χ3v) is 3.63. The van der Waals surface area contributed by atoms with Crippen LogP contribution in [0.4, 0.5) is 5.69 Å². The second-order valence-electron chi connectivity index (χ2n) is 3.98. The fourth-order valence-corrected chi connectivity index (χ4v) is 2.60. The van der Waals surface area contributed by atoms with Gasteiger partial charge in [-0.2, -0.15) is 0 Å². The molecule has 1 rings (SSSR count). The highest BCUT2D eigenvalue weighted by atomic mass is 32.2. The van der Waals surface area contributed by atoms with E-state index in [-0.39, 0.29) is 5.75 Å². The minimum absolute atomic E-state index is 0.0841. The van der Waals surface area contributed by atoms with E-state index in [0.717, 1.165) is 6.42 Å². The molecule has 0 heterocycles. The fraction of sp³-hybridized carbons (Fsp3) is 0.417.